The SMILES string of the molecule is O=CNc1cc(-c2cc(F)cc(COCC(F)(F)F)c2)n(-c2ccc(F)cc2)n1. The Labute approximate surface area is 161 Å². The molecule has 0 atom stereocenters. The molecule has 0 aliphatic heterocycles. The van der Waals surface area contributed by atoms with Gasteiger partial charge in [0.25, 0.3) is 0 Å². The Hall–Kier alpha value is -3.27. The summed E-state index contributed by atoms with van der Waals surface area (Å²) in [5.74, 6) is -1.01. The van der Waals surface area contributed by atoms with Crippen LogP contribution in [0.1, 0.15) is 5.56 Å². The average molecular weight is 411 g/mol. The van der Waals surface area contributed by atoms with Gasteiger partial charge in [-0.2, -0.15) is 13.2 Å². The van der Waals surface area contributed by atoms with Crippen LogP contribution < -0.4 is 5.32 Å². The molecule has 0 aliphatic carbocycles. The van der Waals surface area contributed by atoms with Gasteiger partial charge in [-0.05, 0) is 48.0 Å². The van der Waals surface area contributed by atoms with Gasteiger partial charge in [-0.15, -0.1) is 5.10 Å². The van der Waals surface area contributed by atoms with Crippen molar-refractivity contribution in [2.24, 2.45) is 0 Å². The molecule has 0 saturated carbocycles. The Morgan fingerprint density at radius 1 is 1.03 bits per heavy atom. The molecule has 0 fully saturated rings. The van der Waals surface area contributed by atoms with Crippen LogP contribution in [0.3, 0.4) is 0 Å². The van der Waals surface area contributed by atoms with E-state index in [1.165, 1.54) is 41.1 Å². The van der Waals surface area contributed by atoms with Crippen LogP contribution >= 0.6 is 0 Å². The first kappa shape index (κ1) is 20.5. The standard InChI is InChI=1S/C19H14F5N3O2/c20-14-1-3-16(4-2-14)27-17(8-18(26-27)25-11-28)13-5-12(6-15(21)7-13)9-29-10-19(22,23)24/h1-8,11H,9-10H2,(H,25,26,28). The van der Waals surface area contributed by atoms with Crippen molar-refractivity contribution < 1.29 is 31.5 Å². The number of aromatic nitrogens is 2. The molecule has 0 radical (unpaired) electrons. The topological polar surface area (TPSA) is 56.1 Å². The molecule has 2 aromatic carbocycles. The Bertz CT molecular complexity index is 1000. The van der Waals surface area contributed by atoms with E-state index in [-0.39, 0.29) is 16.9 Å². The Balaban J connectivity index is 1.98. The van der Waals surface area contributed by atoms with E-state index in [0.29, 0.717) is 17.8 Å². The summed E-state index contributed by atoms with van der Waals surface area (Å²) in [5.41, 5.74) is 1.23. The number of hydrogen-bond acceptors (Lipinski definition) is 3. The van der Waals surface area contributed by atoms with E-state index in [0.717, 1.165) is 12.1 Å². The lowest BCUT2D eigenvalue weighted by molar-refractivity contribution is -0.176. The fraction of sp³-hybridized carbons (Fsp3) is 0.158. The largest absolute Gasteiger partial charge is 0.411 e. The predicted molar refractivity (Wildman–Crippen MR) is 94.3 cm³/mol. The number of ether oxygens (including phenoxy) is 1. The first-order valence-electron chi connectivity index (χ1n) is 8.26. The van der Waals surface area contributed by atoms with E-state index in [1.807, 2.05) is 0 Å². The molecule has 0 spiro atoms. The van der Waals surface area contributed by atoms with Gasteiger partial charge < -0.3 is 10.1 Å². The molecule has 1 aromatic heterocycles. The molecule has 0 unspecified atom stereocenters. The summed E-state index contributed by atoms with van der Waals surface area (Å²) in [5, 5.41) is 6.55. The molecule has 1 N–H and O–H groups in total. The van der Waals surface area contributed by atoms with Crippen LogP contribution in [0, 0.1) is 11.6 Å². The van der Waals surface area contributed by atoms with Crippen molar-refractivity contribution in [3.63, 3.8) is 0 Å². The van der Waals surface area contributed by atoms with Crippen LogP contribution in [-0.4, -0.2) is 29.0 Å². The highest BCUT2D eigenvalue weighted by atomic mass is 19.4. The zero-order chi connectivity index (χ0) is 21.0. The number of carbonyl (C=O) groups excluding carboxylic acids is 1. The molecule has 152 valence electrons. The second kappa shape index (κ2) is 8.39. The van der Waals surface area contributed by atoms with Crippen LogP contribution in [0.4, 0.5) is 27.8 Å². The van der Waals surface area contributed by atoms with Crippen molar-refractivity contribution in [1.82, 2.24) is 9.78 Å². The van der Waals surface area contributed by atoms with E-state index in [1.54, 1.807) is 0 Å². The highest BCUT2D eigenvalue weighted by molar-refractivity contribution is 5.74. The zero-order valence-corrected chi connectivity index (χ0v) is 14.7. The summed E-state index contributed by atoms with van der Waals surface area (Å²) in [6, 6.07) is 10.4. The van der Waals surface area contributed by atoms with Crippen LogP contribution in [0.25, 0.3) is 16.9 Å². The molecule has 0 bridgehead atoms. The smallest absolute Gasteiger partial charge is 0.367 e. The van der Waals surface area contributed by atoms with Crippen molar-refractivity contribution in [1.29, 1.82) is 0 Å². The van der Waals surface area contributed by atoms with Gasteiger partial charge in [-0.1, -0.05) is 0 Å². The molecule has 0 saturated heterocycles. The average Bonchev–Trinajstić information content (AvgIpc) is 3.05. The zero-order valence-electron chi connectivity index (χ0n) is 14.7. The van der Waals surface area contributed by atoms with Gasteiger partial charge in [-0.3, -0.25) is 4.79 Å². The predicted octanol–water partition coefficient (Wildman–Crippen LogP) is 4.46. The Morgan fingerprint density at radius 2 is 1.76 bits per heavy atom. The highest BCUT2D eigenvalue weighted by Crippen LogP contribution is 2.28. The number of anilines is 1. The van der Waals surface area contributed by atoms with Crippen LogP contribution in [0.15, 0.2) is 48.5 Å². The summed E-state index contributed by atoms with van der Waals surface area (Å²) in [6.07, 6.45) is -4.09. The lowest BCUT2D eigenvalue weighted by atomic mass is 10.1. The van der Waals surface area contributed by atoms with Crippen molar-refractivity contribution >= 4 is 12.2 Å². The number of halogens is 5. The maximum Gasteiger partial charge on any atom is 0.411 e. The molecule has 1 amide bonds. The first-order valence-corrected chi connectivity index (χ1v) is 8.26. The molecule has 0 aliphatic rings. The van der Waals surface area contributed by atoms with Crippen LogP contribution in [0.5, 0.6) is 0 Å². The maximum atomic E-state index is 14.1. The minimum Gasteiger partial charge on any atom is -0.367 e. The summed E-state index contributed by atoms with van der Waals surface area (Å²) in [7, 11) is 0. The highest BCUT2D eigenvalue weighted by Gasteiger charge is 2.27. The summed E-state index contributed by atoms with van der Waals surface area (Å²) >= 11 is 0. The normalized spacial score (nSPS) is 11.5. The van der Waals surface area contributed by atoms with E-state index >= 15 is 0 Å². The van der Waals surface area contributed by atoms with Crippen molar-refractivity contribution in [3.05, 3.63) is 65.7 Å². The summed E-state index contributed by atoms with van der Waals surface area (Å²) in [6.45, 7) is -1.91. The van der Waals surface area contributed by atoms with E-state index in [4.69, 9.17) is 0 Å². The molecule has 1 heterocycles. The van der Waals surface area contributed by atoms with E-state index in [9.17, 15) is 26.7 Å². The third kappa shape index (κ3) is 5.38. The number of rotatable bonds is 7. The van der Waals surface area contributed by atoms with Crippen molar-refractivity contribution in [3.8, 4) is 16.9 Å². The lowest BCUT2D eigenvalue weighted by Crippen LogP contribution is -2.16. The molecular weight excluding hydrogens is 397 g/mol. The number of nitrogens with one attached hydrogen (secondary N) is 1. The number of amides is 1. The fourth-order valence-corrected chi connectivity index (χ4v) is 2.66. The van der Waals surface area contributed by atoms with E-state index in [2.05, 4.69) is 15.2 Å². The molecule has 29 heavy (non-hydrogen) atoms. The molecule has 5 nitrogen and oxygen atoms in total. The minimum absolute atomic E-state index is 0.151. The maximum absolute atomic E-state index is 14.1. The van der Waals surface area contributed by atoms with Gasteiger partial charge in [0.2, 0.25) is 6.41 Å². The van der Waals surface area contributed by atoms with Gasteiger partial charge in [0.1, 0.15) is 18.2 Å². The molecular formula is C19H14F5N3O2. The van der Waals surface area contributed by atoms with E-state index < -0.39 is 31.0 Å². The lowest BCUT2D eigenvalue weighted by Gasteiger charge is -2.11. The second-order valence-electron chi connectivity index (χ2n) is 6.02. The van der Waals surface area contributed by atoms with Crippen LogP contribution in [-0.2, 0) is 16.1 Å². The fourth-order valence-electron chi connectivity index (χ4n) is 2.66. The number of benzene rings is 2. The molecule has 10 heteroatoms. The third-order valence-corrected chi connectivity index (χ3v) is 3.78. The Kier molecular flexibility index (Phi) is 5.92. The first-order chi connectivity index (χ1) is 13.7. The van der Waals surface area contributed by atoms with Gasteiger partial charge in [0, 0.05) is 11.6 Å². The number of nitrogens with zero attached hydrogens (tertiary/aromatic N) is 2. The summed E-state index contributed by atoms with van der Waals surface area (Å²) < 4.78 is 70.0. The second-order valence-corrected chi connectivity index (χ2v) is 6.02. The Morgan fingerprint density at radius 3 is 2.41 bits per heavy atom. The van der Waals surface area contributed by atoms with Crippen molar-refractivity contribution in [2.45, 2.75) is 12.8 Å². The number of alkyl halides is 3. The quantitative estimate of drug-likeness (QED) is 0.461. The monoisotopic (exact) mass is 411 g/mol. The van der Waals surface area contributed by atoms with Crippen LogP contribution in [0.2, 0.25) is 0 Å². The minimum atomic E-state index is -4.49. The third-order valence-electron chi connectivity index (χ3n) is 3.78. The number of carbonyl (C=O) groups is 1. The van der Waals surface area contributed by atoms with Gasteiger partial charge in [-0.25, -0.2) is 13.5 Å². The number of hydrogen-bond donors (Lipinski definition) is 1. The van der Waals surface area contributed by atoms with Gasteiger partial charge in [0.05, 0.1) is 18.0 Å². The van der Waals surface area contributed by atoms with Gasteiger partial charge in [0.15, 0.2) is 5.82 Å². The molecule has 3 aromatic rings. The summed E-state index contributed by atoms with van der Waals surface area (Å²) in [4.78, 5) is 10.7. The van der Waals surface area contributed by atoms with Crippen molar-refractivity contribution in [2.75, 3.05) is 11.9 Å². The van der Waals surface area contributed by atoms with Gasteiger partial charge >= 0.3 is 6.18 Å². The molecule has 3 rings (SSSR count).